The van der Waals surface area contributed by atoms with Crippen LogP contribution >= 0.6 is 0 Å². The van der Waals surface area contributed by atoms with Crippen molar-refractivity contribution in [2.75, 3.05) is 6.54 Å². The molecular formula is C16H16FN3O. The van der Waals surface area contributed by atoms with Crippen molar-refractivity contribution in [3.05, 3.63) is 53.1 Å². The van der Waals surface area contributed by atoms with E-state index in [0.717, 1.165) is 29.8 Å². The van der Waals surface area contributed by atoms with Crippen LogP contribution in [-0.2, 0) is 0 Å². The Balaban J connectivity index is 1.74. The third kappa shape index (κ3) is 1.92. The summed E-state index contributed by atoms with van der Waals surface area (Å²) in [5.74, 6) is 0.678. The van der Waals surface area contributed by atoms with Gasteiger partial charge in [-0.25, -0.2) is 14.6 Å². The van der Waals surface area contributed by atoms with Gasteiger partial charge in [0.15, 0.2) is 0 Å². The van der Waals surface area contributed by atoms with Crippen LogP contribution in [0.3, 0.4) is 0 Å². The molecular weight excluding hydrogens is 269 g/mol. The van der Waals surface area contributed by atoms with Crippen molar-refractivity contribution in [2.45, 2.75) is 25.8 Å². The molecule has 2 heterocycles. The predicted molar refractivity (Wildman–Crippen MR) is 77.3 cm³/mol. The maximum Gasteiger partial charge on any atom is 0.342 e. The first-order valence-electron chi connectivity index (χ1n) is 7.20. The molecule has 0 atom stereocenters. The number of urea groups is 1. The fourth-order valence-corrected chi connectivity index (χ4v) is 2.89. The van der Waals surface area contributed by atoms with Crippen molar-refractivity contribution >= 4 is 11.6 Å². The average Bonchev–Trinajstić information content (AvgIpc) is 3.27. The highest BCUT2D eigenvalue weighted by Crippen LogP contribution is 2.36. The Morgan fingerprint density at radius 2 is 2.14 bits per heavy atom. The summed E-state index contributed by atoms with van der Waals surface area (Å²) in [6.07, 6.45) is 6.15. The number of rotatable bonds is 2. The van der Waals surface area contributed by atoms with Crippen molar-refractivity contribution in [3.63, 3.8) is 0 Å². The Labute approximate surface area is 122 Å². The van der Waals surface area contributed by atoms with Crippen LogP contribution in [0, 0.1) is 12.7 Å². The van der Waals surface area contributed by atoms with Gasteiger partial charge in [-0.15, -0.1) is 0 Å². The molecule has 4 nitrogen and oxygen atoms in total. The molecule has 0 aromatic heterocycles. The number of nitrogens with one attached hydrogen (secondary N) is 1. The molecule has 1 aromatic carbocycles. The number of hydrazine groups is 1. The average molecular weight is 285 g/mol. The Morgan fingerprint density at radius 1 is 1.33 bits per heavy atom. The van der Waals surface area contributed by atoms with Crippen LogP contribution in [-0.4, -0.2) is 28.5 Å². The minimum absolute atomic E-state index is 0.0839. The van der Waals surface area contributed by atoms with Gasteiger partial charge in [-0.3, -0.25) is 9.91 Å². The van der Waals surface area contributed by atoms with E-state index in [1.807, 2.05) is 23.2 Å². The quantitative estimate of drug-likeness (QED) is 0.907. The second kappa shape index (κ2) is 4.35. The van der Waals surface area contributed by atoms with E-state index in [9.17, 15) is 9.18 Å². The van der Waals surface area contributed by atoms with Gasteiger partial charge in [0.05, 0.1) is 6.04 Å². The molecule has 1 N–H and O–H groups in total. The molecule has 1 saturated carbocycles. The summed E-state index contributed by atoms with van der Waals surface area (Å²) in [5.41, 5.74) is 5.40. The molecule has 0 bridgehead atoms. The number of amides is 2. The third-order valence-corrected chi connectivity index (χ3v) is 4.25. The summed E-state index contributed by atoms with van der Waals surface area (Å²) in [4.78, 5) is 13.7. The maximum atomic E-state index is 13.7. The second-order valence-electron chi connectivity index (χ2n) is 5.70. The van der Waals surface area contributed by atoms with Crippen LogP contribution < -0.4 is 5.43 Å². The summed E-state index contributed by atoms with van der Waals surface area (Å²) in [7, 11) is 0. The number of nitrogens with zero attached hydrogens (tertiary/aromatic N) is 2. The first-order chi connectivity index (χ1) is 10.1. The van der Waals surface area contributed by atoms with Gasteiger partial charge in [-0.05, 0) is 48.6 Å². The van der Waals surface area contributed by atoms with Gasteiger partial charge in [0.25, 0.3) is 0 Å². The van der Waals surface area contributed by atoms with Gasteiger partial charge in [0.2, 0.25) is 0 Å². The Hall–Kier alpha value is -2.30. The second-order valence-corrected chi connectivity index (χ2v) is 5.70. The highest BCUT2D eigenvalue weighted by atomic mass is 19.1. The van der Waals surface area contributed by atoms with Crippen LogP contribution in [0.15, 0.2) is 36.2 Å². The molecule has 0 radical (unpaired) electrons. The SMILES string of the molecule is Cc1c(F)cccc1C1=CCN2C(=O)NN(C3CC3)C2=C1. The summed E-state index contributed by atoms with van der Waals surface area (Å²) in [6, 6.07) is 5.43. The predicted octanol–water partition coefficient (Wildman–Crippen LogP) is 2.78. The van der Waals surface area contributed by atoms with Gasteiger partial charge >= 0.3 is 6.03 Å². The molecule has 1 aliphatic carbocycles. The van der Waals surface area contributed by atoms with Gasteiger partial charge < -0.3 is 0 Å². The van der Waals surface area contributed by atoms with E-state index in [-0.39, 0.29) is 11.8 Å². The standard InChI is InChI=1S/C16H16FN3O/c1-10-13(3-2-4-14(10)17)11-7-8-19-15(9-11)20(12-5-6-12)18-16(19)21/h2-4,7,9,12H,5-6,8H2,1H3,(H,18,21). The van der Waals surface area contributed by atoms with E-state index < -0.39 is 0 Å². The van der Waals surface area contributed by atoms with Gasteiger partial charge in [0.1, 0.15) is 11.6 Å². The molecule has 1 aromatic rings. The molecule has 5 heteroatoms. The molecule has 2 fully saturated rings. The number of benzene rings is 1. The largest absolute Gasteiger partial charge is 0.342 e. The number of hydrogen-bond donors (Lipinski definition) is 1. The number of carbonyl (C=O) groups excluding carboxylic acids is 1. The number of halogens is 1. The topological polar surface area (TPSA) is 35.6 Å². The summed E-state index contributed by atoms with van der Waals surface area (Å²) in [5, 5.41) is 1.95. The van der Waals surface area contributed by atoms with Crippen LogP contribution in [0.4, 0.5) is 9.18 Å². The fraction of sp³-hybridized carbons (Fsp3) is 0.312. The molecule has 2 amide bonds. The van der Waals surface area contributed by atoms with Crippen molar-refractivity contribution in [2.24, 2.45) is 0 Å². The Morgan fingerprint density at radius 3 is 2.90 bits per heavy atom. The van der Waals surface area contributed by atoms with Gasteiger partial charge in [-0.1, -0.05) is 18.2 Å². The lowest BCUT2D eigenvalue weighted by molar-refractivity contribution is 0.221. The zero-order valence-corrected chi connectivity index (χ0v) is 11.8. The van der Waals surface area contributed by atoms with E-state index in [0.29, 0.717) is 18.2 Å². The third-order valence-electron chi connectivity index (χ3n) is 4.25. The van der Waals surface area contributed by atoms with Crippen LogP contribution in [0.25, 0.3) is 5.57 Å². The van der Waals surface area contributed by atoms with Gasteiger partial charge in [-0.2, -0.15) is 0 Å². The lowest BCUT2D eigenvalue weighted by Crippen LogP contribution is -2.33. The number of fused-ring (bicyclic) bond motifs is 1. The van der Waals surface area contributed by atoms with Crippen molar-refractivity contribution < 1.29 is 9.18 Å². The van der Waals surface area contributed by atoms with Crippen molar-refractivity contribution in [1.82, 2.24) is 15.3 Å². The van der Waals surface area contributed by atoms with Crippen molar-refractivity contribution in [1.29, 1.82) is 0 Å². The fourth-order valence-electron chi connectivity index (χ4n) is 2.89. The molecule has 0 spiro atoms. The highest BCUT2D eigenvalue weighted by molar-refractivity contribution is 5.84. The van der Waals surface area contributed by atoms with Crippen LogP contribution in [0.1, 0.15) is 24.0 Å². The molecule has 2 aliphatic heterocycles. The molecule has 1 saturated heterocycles. The van der Waals surface area contributed by atoms with E-state index >= 15 is 0 Å². The minimum Gasteiger partial charge on any atom is -0.273 e. The van der Waals surface area contributed by atoms with E-state index in [1.54, 1.807) is 17.9 Å². The van der Waals surface area contributed by atoms with E-state index in [4.69, 9.17) is 0 Å². The zero-order chi connectivity index (χ0) is 14.6. The Bertz CT molecular complexity index is 691. The summed E-state index contributed by atoms with van der Waals surface area (Å²) >= 11 is 0. The lowest BCUT2D eigenvalue weighted by Gasteiger charge is -2.24. The minimum atomic E-state index is -0.200. The zero-order valence-electron chi connectivity index (χ0n) is 11.8. The maximum absolute atomic E-state index is 13.7. The summed E-state index contributed by atoms with van der Waals surface area (Å²) < 4.78 is 13.7. The first-order valence-corrected chi connectivity index (χ1v) is 7.20. The number of hydrogen-bond acceptors (Lipinski definition) is 2. The molecule has 108 valence electrons. The number of allylic oxidation sites excluding steroid dienone is 2. The molecule has 3 aliphatic rings. The van der Waals surface area contributed by atoms with Gasteiger partial charge in [0, 0.05) is 6.54 Å². The number of carbonyl (C=O) groups is 1. The van der Waals surface area contributed by atoms with E-state index in [1.165, 1.54) is 6.07 Å². The highest BCUT2D eigenvalue weighted by Gasteiger charge is 2.41. The first kappa shape index (κ1) is 12.4. The Kier molecular flexibility index (Phi) is 2.58. The molecule has 0 unspecified atom stereocenters. The molecule has 4 rings (SSSR count). The molecule has 21 heavy (non-hydrogen) atoms. The van der Waals surface area contributed by atoms with Crippen LogP contribution in [0.2, 0.25) is 0 Å². The van der Waals surface area contributed by atoms with Crippen LogP contribution in [0.5, 0.6) is 0 Å². The normalized spacial score (nSPS) is 21.0. The monoisotopic (exact) mass is 285 g/mol. The lowest BCUT2D eigenvalue weighted by atomic mass is 9.98. The van der Waals surface area contributed by atoms with Crippen molar-refractivity contribution in [3.8, 4) is 0 Å². The summed E-state index contributed by atoms with van der Waals surface area (Å²) in [6.45, 7) is 2.30. The van der Waals surface area contributed by atoms with E-state index in [2.05, 4.69) is 5.43 Å². The smallest absolute Gasteiger partial charge is 0.273 e.